The molecule has 9 nitrogen and oxygen atoms in total. The van der Waals surface area contributed by atoms with Gasteiger partial charge in [-0.3, -0.25) is 9.10 Å². The summed E-state index contributed by atoms with van der Waals surface area (Å²) in [7, 11) is -2.16. The standard InChI is InChI=1S/C21H26N2O7S/c1-15(21(24)22-10-11-28-18-7-5-17(27-2)6-8-18)23(31(3,25)26)16-4-9-19-20(14-16)30-13-12-29-19/h4-9,14-15H,10-13H2,1-3H3,(H,22,24)/t15-/m1/s1. The van der Waals surface area contributed by atoms with Crippen LogP contribution in [0, 0.1) is 0 Å². The molecule has 0 fully saturated rings. The molecule has 0 saturated heterocycles. The predicted octanol–water partition coefficient (Wildman–Crippen LogP) is 1.82. The molecular weight excluding hydrogens is 424 g/mol. The van der Waals surface area contributed by atoms with E-state index in [9.17, 15) is 13.2 Å². The van der Waals surface area contributed by atoms with Gasteiger partial charge in [-0.15, -0.1) is 0 Å². The molecule has 3 rings (SSSR count). The van der Waals surface area contributed by atoms with Crippen molar-refractivity contribution in [1.29, 1.82) is 0 Å². The molecule has 0 saturated carbocycles. The maximum atomic E-state index is 12.6. The molecule has 1 amide bonds. The van der Waals surface area contributed by atoms with Gasteiger partial charge in [-0.25, -0.2) is 8.42 Å². The van der Waals surface area contributed by atoms with E-state index in [4.69, 9.17) is 18.9 Å². The zero-order chi connectivity index (χ0) is 22.4. The van der Waals surface area contributed by atoms with Gasteiger partial charge in [0.1, 0.15) is 37.4 Å². The first-order chi connectivity index (χ1) is 14.8. The lowest BCUT2D eigenvalue weighted by Gasteiger charge is -2.29. The van der Waals surface area contributed by atoms with E-state index in [0.29, 0.717) is 36.1 Å². The zero-order valence-electron chi connectivity index (χ0n) is 17.7. The first kappa shape index (κ1) is 22.5. The van der Waals surface area contributed by atoms with Crippen molar-refractivity contribution in [2.45, 2.75) is 13.0 Å². The molecule has 0 unspecified atom stereocenters. The Morgan fingerprint density at radius 1 is 1.10 bits per heavy atom. The van der Waals surface area contributed by atoms with Crippen molar-refractivity contribution >= 4 is 21.6 Å². The number of rotatable bonds is 9. The molecule has 1 aliphatic heterocycles. The first-order valence-electron chi connectivity index (χ1n) is 9.73. The lowest BCUT2D eigenvalue weighted by molar-refractivity contribution is -0.121. The van der Waals surface area contributed by atoms with Crippen molar-refractivity contribution in [2.75, 3.05) is 44.0 Å². The summed E-state index contributed by atoms with van der Waals surface area (Å²) in [6.07, 6.45) is 1.06. The number of hydrogen-bond donors (Lipinski definition) is 1. The molecule has 1 heterocycles. The zero-order valence-corrected chi connectivity index (χ0v) is 18.5. The highest BCUT2D eigenvalue weighted by Crippen LogP contribution is 2.35. The molecule has 2 aromatic rings. The number of anilines is 1. The maximum absolute atomic E-state index is 12.6. The minimum Gasteiger partial charge on any atom is -0.497 e. The molecule has 2 aromatic carbocycles. The number of methoxy groups -OCH3 is 1. The van der Waals surface area contributed by atoms with E-state index in [2.05, 4.69) is 5.32 Å². The fraction of sp³-hybridized carbons (Fsp3) is 0.381. The monoisotopic (exact) mass is 450 g/mol. The predicted molar refractivity (Wildman–Crippen MR) is 116 cm³/mol. The molecular formula is C21H26N2O7S. The van der Waals surface area contributed by atoms with Gasteiger partial charge >= 0.3 is 0 Å². The second-order valence-corrected chi connectivity index (χ2v) is 8.74. The van der Waals surface area contributed by atoms with Gasteiger partial charge in [0.05, 0.1) is 25.6 Å². The topological polar surface area (TPSA) is 103 Å². The summed E-state index contributed by atoms with van der Waals surface area (Å²) in [4.78, 5) is 12.6. The minimum absolute atomic E-state index is 0.216. The van der Waals surface area contributed by atoms with E-state index in [1.807, 2.05) is 0 Å². The Bertz CT molecular complexity index is 1010. The van der Waals surface area contributed by atoms with Crippen LogP contribution in [0.3, 0.4) is 0 Å². The van der Waals surface area contributed by atoms with Gasteiger partial charge in [0, 0.05) is 6.07 Å². The van der Waals surface area contributed by atoms with Crippen LogP contribution in [-0.4, -0.2) is 60.1 Å². The van der Waals surface area contributed by atoms with Crippen molar-refractivity contribution < 1.29 is 32.2 Å². The summed E-state index contributed by atoms with van der Waals surface area (Å²) in [5.41, 5.74) is 0.323. The number of benzene rings is 2. The molecule has 0 bridgehead atoms. The van der Waals surface area contributed by atoms with Crippen molar-refractivity contribution in [3.05, 3.63) is 42.5 Å². The molecule has 31 heavy (non-hydrogen) atoms. The molecule has 1 atom stereocenters. The molecule has 0 aliphatic carbocycles. The second kappa shape index (κ2) is 9.78. The van der Waals surface area contributed by atoms with Gasteiger partial charge in [0.2, 0.25) is 15.9 Å². The number of nitrogens with one attached hydrogen (secondary N) is 1. The van der Waals surface area contributed by atoms with Gasteiger partial charge in [-0.2, -0.15) is 0 Å². The smallest absolute Gasteiger partial charge is 0.243 e. The minimum atomic E-state index is -3.74. The summed E-state index contributed by atoms with van der Waals surface area (Å²) >= 11 is 0. The van der Waals surface area contributed by atoms with E-state index >= 15 is 0 Å². The Hall–Kier alpha value is -3.14. The first-order valence-corrected chi connectivity index (χ1v) is 11.6. The molecule has 10 heteroatoms. The van der Waals surface area contributed by atoms with E-state index < -0.39 is 22.0 Å². The quantitative estimate of drug-likeness (QED) is 0.581. The highest BCUT2D eigenvalue weighted by Gasteiger charge is 2.30. The summed E-state index contributed by atoms with van der Waals surface area (Å²) in [6, 6.07) is 10.9. The van der Waals surface area contributed by atoms with E-state index in [1.54, 1.807) is 49.6 Å². The van der Waals surface area contributed by atoms with Gasteiger partial charge in [0.15, 0.2) is 11.5 Å². The van der Waals surface area contributed by atoms with Gasteiger partial charge in [0.25, 0.3) is 0 Å². The second-order valence-electron chi connectivity index (χ2n) is 6.88. The number of fused-ring (bicyclic) bond motifs is 1. The van der Waals surface area contributed by atoms with E-state index in [1.165, 1.54) is 6.92 Å². The number of carbonyl (C=O) groups excluding carboxylic acids is 1. The average molecular weight is 451 g/mol. The molecule has 0 radical (unpaired) electrons. The van der Waals surface area contributed by atoms with Gasteiger partial charge < -0.3 is 24.3 Å². The third-order valence-corrected chi connectivity index (χ3v) is 5.84. The van der Waals surface area contributed by atoms with Crippen molar-refractivity contribution in [2.24, 2.45) is 0 Å². The Labute approximate surface area is 181 Å². The summed E-state index contributed by atoms with van der Waals surface area (Å²) in [5.74, 6) is 1.89. The highest BCUT2D eigenvalue weighted by atomic mass is 32.2. The van der Waals surface area contributed by atoms with Crippen LogP contribution in [0.25, 0.3) is 0 Å². The summed E-state index contributed by atoms with van der Waals surface area (Å²) in [6.45, 7) is 2.78. The summed E-state index contributed by atoms with van der Waals surface area (Å²) < 4.78 is 47.6. The number of amides is 1. The van der Waals surface area contributed by atoms with Crippen LogP contribution in [0.15, 0.2) is 42.5 Å². The lowest BCUT2D eigenvalue weighted by atomic mass is 10.2. The average Bonchev–Trinajstić information content (AvgIpc) is 2.76. The van der Waals surface area contributed by atoms with Gasteiger partial charge in [-0.1, -0.05) is 0 Å². The van der Waals surface area contributed by atoms with Crippen LogP contribution in [-0.2, 0) is 14.8 Å². The van der Waals surface area contributed by atoms with Crippen LogP contribution in [0.4, 0.5) is 5.69 Å². The molecule has 1 aliphatic rings. The number of hydrogen-bond acceptors (Lipinski definition) is 7. The highest BCUT2D eigenvalue weighted by molar-refractivity contribution is 7.92. The van der Waals surface area contributed by atoms with Crippen LogP contribution >= 0.6 is 0 Å². The Kier molecular flexibility index (Phi) is 7.11. The Morgan fingerprint density at radius 3 is 2.39 bits per heavy atom. The fourth-order valence-electron chi connectivity index (χ4n) is 3.14. The number of carbonyl (C=O) groups is 1. The lowest BCUT2D eigenvalue weighted by Crippen LogP contribution is -2.48. The van der Waals surface area contributed by atoms with E-state index in [-0.39, 0.29) is 13.2 Å². The van der Waals surface area contributed by atoms with Crippen molar-refractivity contribution in [1.82, 2.24) is 5.32 Å². The van der Waals surface area contributed by atoms with Crippen LogP contribution in [0.1, 0.15) is 6.92 Å². The third-order valence-electron chi connectivity index (χ3n) is 4.60. The molecule has 168 valence electrons. The Morgan fingerprint density at radius 2 is 1.74 bits per heavy atom. The fourth-order valence-corrected chi connectivity index (χ4v) is 4.31. The third kappa shape index (κ3) is 5.72. The summed E-state index contributed by atoms with van der Waals surface area (Å²) in [5, 5.41) is 2.71. The van der Waals surface area contributed by atoms with Crippen molar-refractivity contribution in [3.63, 3.8) is 0 Å². The number of nitrogens with zero attached hydrogens (tertiary/aromatic N) is 1. The van der Waals surface area contributed by atoms with E-state index in [0.717, 1.165) is 16.3 Å². The molecule has 0 aromatic heterocycles. The number of ether oxygens (including phenoxy) is 4. The molecule has 0 spiro atoms. The number of sulfonamides is 1. The largest absolute Gasteiger partial charge is 0.497 e. The molecule has 1 N–H and O–H groups in total. The van der Waals surface area contributed by atoms with Crippen LogP contribution in [0.2, 0.25) is 0 Å². The Balaban J connectivity index is 1.61. The van der Waals surface area contributed by atoms with Crippen LogP contribution < -0.4 is 28.6 Å². The van der Waals surface area contributed by atoms with Crippen molar-refractivity contribution in [3.8, 4) is 23.0 Å². The van der Waals surface area contributed by atoms with Gasteiger partial charge in [-0.05, 0) is 43.3 Å². The van der Waals surface area contributed by atoms with Crippen LogP contribution in [0.5, 0.6) is 23.0 Å². The SMILES string of the molecule is COc1ccc(OCCNC(=O)[C@@H](C)N(c2ccc3c(c2)OCCO3)S(C)(=O)=O)cc1. The normalized spacial score (nSPS) is 13.8. The maximum Gasteiger partial charge on any atom is 0.243 e.